The molecule has 2 aromatic carbocycles. The van der Waals surface area contributed by atoms with E-state index in [1.807, 2.05) is 24.3 Å². The summed E-state index contributed by atoms with van der Waals surface area (Å²) in [5, 5.41) is 3.70. The van der Waals surface area contributed by atoms with Crippen LogP contribution in [0.5, 0.6) is 0 Å². The van der Waals surface area contributed by atoms with Crippen LogP contribution in [0.1, 0.15) is 41.6 Å². The van der Waals surface area contributed by atoms with Crippen LogP contribution in [-0.4, -0.2) is 5.91 Å². The van der Waals surface area contributed by atoms with Gasteiger partial charge in [0.25, 0.3) is 5.91 Å². The molecule has 2 aromatic rings. The zero-order chi connectivity index (χ0) is 15.6. The summed E-state index contributed by atoms with van der Waals surface area (Å²) in [6, 6.07) is 13.6. The first kappa shape index (κ1) is 15.0. The molecule has 0 saturated heterocycles. The third-order valence-electron chi connectivity index (χ3n) is 4.31. The average Bonchev–Trinajstić information content (AvgIpc) is 2.97. The minimum Gasteiger partial charge on any atom is -0.342 e. The van der Waals surface area contributed by atoms with Crippen molar-refractivity contribution >= 4 is 17.5 Å². The van der Waals surface area contributed by atoms with Gasteiger partial charge in [0.2, 0.25) is 0 Å². The fourth-order valence-corrected chi connectivity index (χ4v) is 3.37. The molecule has 0 unspecified atom stereocenters. The van der Waals surface area contributed by atoms with E-state index in [0.29, 0.717) is 5.02 Å². The van der Waals surface area contributed by atoms with Crippen LogP contribution < -0.4 is 5.32 Å². The number of halogens is 2. The van der Waals surface area contributed by atoms with Gasteiger partial charge in [0.05, 0.1) is 11.1 Å². The molecule has 1 fully saturated rings. The van der Waals surface area contributed by atoms with Gasteiger partial charge >= 0.3 is 0 Å². The second-order valence-electron chi connectivity index (χ2n) is 5.73. The van der Waals surface area contributed by atoms with E-state index in [1.165, 1.54) is 12.1 Å². The summed E-state index contributed by atoms with van der Waals surface area (Å²) in [6.45, 7) is 0. The molecule has 0 heterocycles. The maximum absolute atomic E-state index is 13.8. The van der Waals surface area contributed by atoms with Crippen molar-refractivity contribution in [1.82, 2.24) is 5.32 Å². The van der Waals surface area contributed by atoms with E-state index in [9.17, 15) is 9.18 Å². The second kappa shape index (κ2) is 6.09. The third-order valence-corrected chi connectivity index (χ3v) is 4.54. The highest BCUT2D eigenvalue weighted by Gasteiger charge is 2.37. The van der Waals surface area contributed by atoms with Gasteiger partial charge in [-0.15, -0.1) is 0 Å². The molecule has 0 bridgehead atoms. The lowest BCUT2D eigenvalue weighted by Gasteiger charge is -2.31. The van der Waals surface area contributed by atoms with E-state index in [4.69, 9.17) is 11.6 Å². The number of amides is 1. The first-order valence-corrected chi connectivity index (χ1v) is 7.82. The largest absolute Gasteiger partial charge is 0.342 e. The predicted molar refractivity (Wildman–Crippen MR) is 85.5 cm³/mol. The van der Waals surface area contributed by atoms with Crippen LogP contribution in [0.4, 0.5) is 4.39 Å². The Labute approximate surface area is 134 Å². The first-order valence-electron chi connectivity index (χ1n) is 7.44. The van der Waals surface area contributed by atoms with E-state index < -0.39 is 11.4 Å². The van der Waals surface area contributed by atoms with Gasteiger partial charge in [0, 0.05) is 5.02 Å². The summed E-state index contributed by atoms with van der Waals surface area (Å²) in [5.74, 6) is -0.876. The normalized spacial score (nSPS) is 16.5. The number of nitrogens with one attached hydrogen (secondary N) is 1. The topological polar surface area (TPSA) is 29.1 Å². The minimum atomic E-state index is -0.501. The van der Waals surface area contributed by atoms with Gasteiger partial charge < -0.3 is 5.32 Å². The van der Waals surface area contributed by atoms with Crippen LogP contribution in [0.3, 0.4) is 0 Å². The Balaban J connectivity index is 1.92. The van der Waals surface area contributed by atoms with Crippen molar-refractivity contribution < 1.29 is 9.18 Å². The zero-order valence-corrected chi connectivity index (χ0v) is 12.9. The van der Waals surface area contributed by atoms with E-state index >= 15 is 0 Å². The summed E-state index contributed by atoms with van der Waals surface area (Å²) in [4.78, 5) is 12.5. The van der Waals surface area contributed by atoms with Gasteiger partial charge in [-0.2, -0.15) is 0 Å². The molecule has 22 heavy (non-hydrogen) atoms. The van der Waals surface area contributed by atoms with E-state index in [0.717, 1.165) is 31.2 Å². The molecular weight excluding hydrogens is 301 g/mol. The zero-order valence-electron chi connectivity index (χ0n) is 12.1. The maximum Gasteiger partial charge on any atom is 0.254 e. The first-order chi connectivity index (χ1) is 10.6. The fraction of sp³-hybridized carbons (Fsp3) is 0.278. The number of hydrogen-bond acceptors (Lipinski definition) is 1. The Morgan fingerprint density at radius 2 is 1.82 bits per heavy atom. The van der Waals surface area contributed by atoms with E-state index in [-0.39, 0.29) is 11.5 Å². The van der Waals surface area contributed by atoms with Gasteiger partial charge in [-0.1, -0.05) is 48.7 Å². The third kappa shape index (κ3) is 2.86. The van der Waals surface area contributed by atoms with Crippen molar-refractivity contribution in [3.8, 4) is 0 Å². The average molecular weight is 318 g/mol. The summed E-state index contributed by atoms with van der Waals surface area (Å²) in [7, 11) is 0. The quantitative estimate of drug-likeness (QED) is 0.875. The molecule has 1 N–H and O–H groups in total. The molecule has 1 saturated carbocycles. The highest BCUT2D eigenvalue weighted by atomic mass is 35.5. The lowest BCUT2D eigenvalue weighted by atomic mass is 9.87. The summed E-state index contributed by atoms with van der Waals surface area (Å²) in [6.07, 6.45) is 3.75. The molecule has 0 aliphatic heterocycles. The Hall–Kier alpha value is -1.87. The molecule has 1 aliphatic rings. The Bertz CT molecular complexity index is 695. The summed E-state index contributed by atoms with van der Waals surface area (Å²) >= 11 is 6.09. The number of rotatable bonds is 3. The maximum atomic E-state index is 13.8. The molecule has 0 aromatic heterocycles. The van der Waals surface area contributed by atoms with Crippen molar-refractivity contribution in [1.29, 1.82) is 0 Å². The van der Waals surface area contributed by atoms with Crippen LogP contribution in [0.2, 0.25) is 5.02 Å². The second-order valence-corrected chi connectivity index (χ2v) is 6.17. The van der Waals surface area contributed by atoms with Crippen LogP contribution in [0, 0.1) is 5.82 Å². The molecule has 1 aliphatic carbocycles. The van der Waals surface area contributed by atoms with Crippen LogP contribution in [-0.2, 0) is 5.54 Å². The van der Waals surface area contributed by atoms with Crippen molar-refractivity contribution in [3.63, 3.8) is 0 Å². The van der Waals surface area contributed by atoms with Gasteiger partial charge in [0.1, 0.15) is 5.82 Å². The van der Waals surface area contributed by atoms with Gasteiger partial charge in [0.15, 0.2) is 0 Å². The molecule has 1 amide bonds. The standard InChI is InChI=1S/C18H17ClFNO/c19-14-7-5-6-13(12-14)18(10-3-4-11-18)21-17(22)15-8-1-2-9-16(15)20/h1-2,5-9,12H,3-4,10-11H2,(H,21,22). The van der Waals surface area contributed by atoms with Crippen molar-refractivity contribution in [2.75, 3.05) is 0 Å². The molecule has 0 atom stereocenters. The smallest absolute Gasteiger partial charge is 0.254 e. The fourth-order valence-electron chi connectivity index (χ4n) is 3.18. The van der Waals surface area contributed by atoms with Crippen molar-refractivity contribution in [2.24, 2.45) is 0 Å². The monoisotopic (exact) mass is 317 g/mol. The van der Waals surface area contributed by atoms with Crippen LogP contribution >= 0.6 is 11.6 Å². The SMILES string of the molecule is O=C(NC1(c2cccc(Cl)c2)CCCC1)c1ccccc1F. The van der Waals surface area contributed by atoms with Gasteiger partial charge in [-0.3, -0.25) is 4.79 Å². The lowest BCUT2D eigenvalue weighted by Crippen LogP contribution is -2.44. The number of benzene rings is 2. The van der Waals surface area contributed by atoms with Crippen molar-refractivity contribution in [3.05, 3.63) is 70.5 Å². The Morgan fingerprint density at radius 3 is 2.50 bits per heavy atom. The molecule has 3 rings (SSSR count). The predicted octanol–water partition coefficient (Wildman–Crippen LogP) is 4.68. The van der Waals surface area contributed by atoms with E-state index in [2.05, 4.69) is 5.32 Å². The molecule has 114 valence electrons. The number of hydrogen-bond donors (Lipinski definition) is 1. The molecule has 0 radical (unpaired) electrons. The van der Waals surface area contributed by atoms with Gasteiger partial charge in [-0.05, 0) is 42.7 Å². The van der Waals surface area contributed by atoms with E-state index in [1.54, 1.807) is 12.1 Å². The highest BCUT2D eigenvalue weighted by Crippen LogP contribution is 2.39. The Morgan fingerprint density at radius 1 is 1.09 bits per heavy atom. The van der Waals surface area contributed by atoms with Gasteiger partial charge in [-0.25, -0.2) is 4.39 Å². The molecule has 4 heteroatoms. The summed E-state index contributed by atoms with van der Waals surface area (Å²) < 4.78 is 13.8. The van der Waals surface area contributed by atoms with Crippen LogP contribution in [0.15, 0.2) is 48.5 Å². The molecule has 0 spiro atoms. The minimum absolute atomic E-state index is 0.0794. The van der Waals surface area contributed by atoms with Crippen molar-refractivity contribution in [2.45, 2.75) is 31.2 Å². The lowest BCUT2D eigenvalue weighted by molar-refractivity contribution is 0.0894. The number of carbonyl (C=O) groups excluding carboxylic acids is 1. The molecule has 2 nitrogen and oxygen atoms in total. The molecular formula is C18H17ClFNO. The Kier molecular flexibility index (Phi) is 4.16. The number of carbonyl (C=O) groups is 1. The summed E-state index contributed by atoms with van der Waals surface area (Å²) in [5.41, 5.74) is 0.613. The highest BCUT2D eigenvalue weighted by molar-refractivity contribution is 6.30. The van der Waals surface area contributed by atoms with Crippen LogP contribution in [0.25, 0.3) is 0 Å².